The lowest BCUT2D eigenvalue weighted by Crippen LogP contribution is -2.37. The Hall–Kier alpha value is -1.35. The highest BCUT2D eigenvalue weighted by atomic mass is 16.2. The summed E-state index contributed by atoms with van der Waals surface area (Å²) in [5.74, 6) is 0.887. The zero-order valence-corrected chi connectivity index (χ0v) is 13.8. The number of nitrogens with zero attached hydrogens (tertiary/aromatic N) is 1. The van der Waals surface area contributed by atoms with E-state index in [4.69, 9.17) is 0 Å². The van der Waals surface area contributed by atoms with Crippen molar-refractivity contribution in [3.63, 3.8) is 0 Å². The van der Waals surface area contributed by atoms with Crippen LogP contribution in [-0.4, -0.2) is 29.4 Å². The molecule has 3 rings (SSSR count). The SMILES string of the molecule is CC(C)c1ccc(CN(C(=O)CC2CCCN2)C2CC2)cc1. The third-order valence-corrected chi connectivity index (χ3v) is 4.89. The van der Waals surface area contributed by atoms with E-state index in [1.165, 1.54) is 30.4 Å². The second-order valence-electron chi connectivity index (χ2n) is 7.15. The number of hydrogen-bond acceptors (Lipinski definition) is 2. The molecule has 1 N–H and O–H groups in total. The molecule has 1 aliphatic heterocycles. The summed E-state index contributed by atoms with van der Waals surface area (Å²) in [6, 6.07) is 9.66. The number of rotatable bonds is 6. The molecule has 1 aliphatic carbocycles. The molecule has 1 aromatic rings. The summed E-state index contributed by atoms with van der Waals surface area (Å²) in [5.41, 5.74) is 2.62. The van der Waals surface area contributed by atoms with Crippen molar-refractivity contribution < 1.29 is 4.79 Å². The molecule has 1 saturated heterocycles. The van der Waals surface area contributed by atoms with Crippen LogP contribution in [0.5, 0.6) is 0 Å². The predicted molar refractivity (Wildman–Crippen MR) is 89.7 cm³/mol. The van der Waals surface area contributed by atoms with E-state index in [9.17, 15) is 4.79 Å². The summed E-state index contributed by atoms with van der Waals surface area (Å²) in [4.78, 5) is 14.8. The minimum atomic E-state index is 0.329. The van der Waals surface area contributed by atoms with Crippen molar-refractivity contribution in [3.05, 3.63) is 35.4 Å². The van der Waals surface area contributed by atoms with Crippen LogP contribution in [0.4, 0.5) is 0 Å². The smallest absolute Gasteiger partial charge is 0.224 e. The topological polar surface area (TPSA) is 32.3 Å². The van der Waals surface area contributed by atoms with E-state index < -0.39 is 0 Å². The van der Waals surface area contributed by atoms with Gasteiger partial charge in [-0.25, -0.2) is 0 Å². The summed E-state index contributed by atoms with van der Waals surface area (Å²) in [6.45, 7) is 6.26. The summed E-state index contributed by atoms with van der Waals surface area (Å²) >= 11 is 0. The monoisotopic (exact) mass is 300 g/mol. The van der Waals surface area contributed by atoms with Crippen molar-refractivity contribution in [2.45, 2.75) is 70.5 Å². The van der Waals surface area contributed by atoms with Gasteiger partial charge in [0.15, 0.2) is 0 Å². The van der Waals surface area contributed by atoms with Gasteiger partial charge in [0.05, 0.1) is 0 Å². The third-order valence-electron chi connectivity index (χ3n) is 4.89. The second kappa shape index (κ2) is 6.82. The molecule has 1 atom stereocenters. The quantitative estimate of drug-likeness (QED) is 0.873. The van der Waals surface area contributed by atoms with E-state index in [1.54, 1.807) is 0 Å². The van der Waals surface area contributed by atoms with Gasteiger partial charge in [0.2, 0.25) is 5.91 Å². The predicted octanol–water partition coefficient (Wildman–Crippen LogP) is 3.44. The van der Waals surface area contributed by atoms with Crippen LogP contribution in [0.3, 0.4) is 0 Å². The Morgan fingerprint density at radius 2 is 1.95 bits per heavy atom. The van der Waals surface area contributed by atoms with Gasteiger partial charge >= 0.3 is 0 Å². The lowest BCUT2D eigenvalue weighted by atomic mass is 10.0. The Bertz CT molecular complexity index is 499. The fourth-order valence-electron chi connectivity index (χ4n) is 3.27. The first-order valence-corrected chi connectivity index (χ1v) is 8.75. The van der Waals surface area contributed by atoms with Crippen LogP contribution in [0.1, 0.15) is 63.0 Å². The molecule has 120 valence electrons. The molecule has 3 nitrogen and oxygen atoms in total. The van der Waals surface area contributed by atoms with E-state index >= 15 is 0 Å². The molecular weight excluding hydrogens is 272 g/mol. The van der Waals surface area contributed by atoms with Crippen LogP contribution in [0.25, 0.3) is 0 Å². The Balaban J connectivity index is 1.62. The van der Waals surface area contributed by atoms with Gasteiger partial charge in [0.1, 0.15) is 0 Å². The lowest BCUT2D eigenvalue weighted by Gasteiger charge is -2.24. The minimum Gasteiger partial charge on any atom is -0.335 e. The van der Waals surface area contributed by atoms with Crippen molar-refractivity contribution in [1.29, 1.82) is 0 Å². The van der Waals surface area contributed by atoms with Gasteiger partial charge in [-0.2, -0.15) is 0 Å². The Morgan fingerprint density at radius 3 is 2.50 bits per heavy atom. The Morgan fingerprint density at radius 1 is 1.23 bits per heavy atom. The summed E-state index contributed by atoms with van der Waals surface area (Å²) < 4.78 is 0. The molecule has 1 saturated carbocycles. The second-order valence-corrected chi connectivity index (χ2v) is 7.15. The van der Waals surface area contributed by atoms with Crippen molar-refractivity contribution in [1.82, 2.24) is 10.2 Å². The van der Waals surface area contributed by atoms with E-state index in [0.29, 0.717) is 30.3 Å². The van der Waals surface area contributed by atoms with Crippen LogP contribution >= 0.6 is 0 Å². The van der Waals surface area contributed by atoms with Gasteiger partial charge in [-0.15, -0.1) is 0 Å². The zero-order chi connectivity index (χ0) is 15.5. The highest BCUT2D eigenvalue weighted by molar-refractivity contribution is 5.77. The standard InChI is InChI=1S/C19H28N2O/c1-14(2)16-7-5-15(6-8-16)13-21(18-9-10-18)19(22)12-17-4-3-11-20-17/h5-8,14,17-18,20H,3-4,9-13H2,1-2H3. The van der Waals surface area contributed by atoms with Gasteiger partial charge in [-0.3, -0.25) is 4.79 Å². The fraction of sp³-hybridized carbons (Fsp3) is 0.632. The molecule has 22 heavy (non-hydrogen) atoms. The van der Waals surface area contributed by atoms with Crippen molar-refractivity contribution >= 4 is 5.91 Å². The maximum Gasteiger partial charge on any atom is 0.224 e. The lowest BCUT2D eigenvalue weighted by molar-refractivity contribution is -0.132. The van der Waals surface area contributed by atoms with Crippen LogP contribution in [-0.2, 0) is 11.3 Å². The van der Waals surface area contributed by atoms with Gasteiger partial charge in [-0.05, 0) is 49.3 Å². The van der Waals surface area contributed by atoms with Crippen molar-refractivity contribution in [2.75, 3.05) is 6.54 Å². The number of hydrogen-bond donors (Lipinski definition) is 1. The number of carbonyl (C=O) groups excluding carboxylic acids is 1. The average molecular weight is 300 g/mol. The molecule has 0 spiro atoms. The number of carbonyl (C=O) groups is 1. The molecule has 3 heteroatoms. The van der Waals surface area contributed by atoms with Crippen LogP contribution in [0.2, 0.25) is 0 Å². The summed E-state index contributed by atoms with van der Waals surface area (Å²) in [7, 11) is 0. The van der Waals surface area contributed by atoms with Crippen LogP contribution in [0, 0.1) is 0 Å². The van der Waals surface area contributed by atoms with Gasteiger partial charge in [0, 0.05) is 25.0 Å². The summed E-state index contributed by atoms with van der Waals surface area (Å²) in [6.07, 6.45) is 5.37. The maximum absolute atomic E-state index is 12.6. The third kappa shape index (κ3) is 3.89. The normalized spacial score (nSPS) is 21.3. The van der Waals surface area contributed by atoms with Crippen molar-refractivity contribution in [3.8, 4) is 0 Å². The Kier molecular flexibility index (Phi) is 4.82. The van der Waals surface area contributed by atoms with Gasteiger partial charge in [-0.1, -0.05) is 38.1 Å². The first-order valence-electron chi connectivity index (χ1n) is 8.75. The molecule has 0 aromatic heterocycles. The van der Waals surface area contributed by atoms with Gasteiger partial charge < -0.3 is 10.2 Å². The largest absolute Gasteiger partial charge is 0.335 e. The molecule has 1 unspecified atom stereocenters. The van der Waals surface area contributed by atoms with Crippen LogP contribution in [0.15, 0.2) is 24.3 Å². The molecular formula is C19H28N2O. The fourth-order valence-corrected chi connectivity index (χ4v) is 3.27. The Labute approximate surface area is 134 Å². The first kappa shape index (κ1) is 15.5. The number of benzene rings is 1. The maximum atomic E-state index is 12.6. The highest BCUT2D eigenvalue weighted by Gasteiger charge is 2.33. The zero-order valence-electron chi connectivity index (χ0n) is 13.8. The first-order chi connectivity index (χ1) is 10.6. The molecule has 2 aliphatic rings. The average Bonchev–Trinajstić information content (AvgIpc) is 3.22. The van der Waals surface area contributed by atoms with Crippen molar-refractivity contribution in [2.24, 2.45) is 0 Å². The van der Waals surface area contributed by atoms with Gasteiger partial charge in [0.25, 0.3) is 0 Å². The number of nitrogens with one attached hydrogen (secondary N) is 1. The molecule has 0 bridgehead atoms. The van der Waals surface area contributed by atoms with E-state index in [2.05, 4.69) is 48.3 Å². The summed E-state index contributed by atoms with van der Waals surface area (Å²) in [5, 5.41) is 3.44. The molecule has 1 heterocycles. The van der Waals surface area contributed by atoms with E-state index in [0.717, 1.165) is 19.5 Å². The van der Waals surface area contributed by atoms with Crippen LogP contribution < -0.4 is 5.32 Å². The van der Waals surface area contributed by atoms with E-state index in [-0.39, 0.29) is 0 Å². The molecule has 1 amide bonds. The molecule has 1 aromatic carbocycles. The minimum absolute atomic E-state index is 0.329. The molecule has 0 radical (unpaired) electrons. The highest BCUT2D eigenvalue weighted by Crippen LogP contribution is 2.30. The van der Waals surface area contributed by atoms with E-state index in [1.807, 2.05) is 0 Å². The number of amides is 1. The molecule has 2 fully saturated rings.